The Kier molecular flexibility index (Phi) is 2.93. The maximum absolute atomic E-state index is 11.0. The van der Waals surface area contributed by atoms with E-state index in [1.165, 1.54) is 0 Å². The lowest BCUT2D eigenvalue weighted by Crippen LogP contribution is -2.41. The van der Waals surface area contributed by atoms with Gasteiger partial charge >= 0.3 is 5.97 Å². The summed E-state index contributed by atoms with van der Waals surface area (Å²) in [5.74, 6) is -0.666. The van der Waals surface area contributed by atoms with Crippen LogP contribution in [-0.4, -0.2) is 28.0 Å². The van der Waals surface area contributed by atoms with Crippen LogP contribution in [-0.2, 0) is 4.79 Å². The molecule has 0 amide bonds. The van der Waals surface area contributed by atoms with Gasteiger partial charge in [-0.25, -0.2) is 4.31 Å². The lowest BCUT2D eigenvalue weighted by Gasteiger charge is -2.37. The Morgan fingerprint density at radius 2 is 2.07 bits per heavy atom. The zero-order valence-corrected chi connectivity index (χ0v) is 8.86. The van der Waals surface area contributed by atoms with Crippen LogP contribution in [0.1, 0.15) is 19.3 Å². The first-order chi connectivity index (χ1) is 6.79. The fourth-order valence-electron chi connectivity index (χ4n) is 1.94. The summed E-state index contributed by atoms with van der Waals surface area (Å²) in [7, 11) is 0. The molecular formula is C10H15NO2S. The molecule has 1 atom stereocenters. The normalized spacial score (nSPS) is 29.7. The van der Waals surface area contributed by atoms with Gasteiger partial charge in [0.1, 0.15) is 6.04 Å². The van der Waals surface area contributed by atoms with Gasteiger partial charge in [0.05, 0.1) is 0 Å². The van der Waals surface area contributed by atoms with Gasteiger partial charge in [0.25, 0.3) is 0 Å². The highest BCUT2D eigenvalue weighted by Crippen LogP contribution is 2.41. The quantitative estimate of drug-likeness (QED) is 0.688. The van der Waals surface area contributed by atoms with E-state index < -0.39 is 17.1 Å². The van der Waals surface area contributed by atoms with Crippen molar-refractivity contribution in [3.05, 3.63) is 23.0 Å². The highest BCUT2D eigenvalue weighted by Gasteiger charge is 2.30. The summed E-state index contributed by atoms with van der Waals surface area (Å²) >= 11 is -0.444. The van der Waals surface area contributed by atoms with Crippen LogP contribution in [0, 0.1) is 0 Å². The number of carboxylic acids is 1. The fourth-order valence-corrected chi connectivity index (χ4v) is 3.84. The number of hydrogen-bond acceptors (Lipinski definition) is 2. The van der Waals surface area contributed by atoms with Gasteiger partial charge in [0.15, 0.2) is 0 Å². The Morgan fingerprint density at radius 3 is 2.71 bits per heavy atom. The third-order valence-electron chi connectivity index (χ3n) is 2.64. The van der Waals surface area contributed by atoms with Crippen molar-refractivity contribution in [3.8, 4) is 0 Å². The van der Waals surface area contributed by atoms with Crippen molar-refractivity contribution in [2.75, 3.05) is 6.54 Å². The first-order valence-corrected chi connectivity index (χ1v) is 6.35. The zero-order valence-electron chi connectivity index (χ0n) is 7.97. The van der Waals surface area contributed by atoms with Crippen molar-refractivity contribution in [1.82, 2.24) is 4.31 Å². The lowest BCUT2D eigenvalue weighted by atomic mass is 10.1. The van der Waals surface area contributed by atoms with Crippen LogP contribution in [0.3, 0.4) is 0 Å². The van der Waals surface area contributed by atoms with Crippen molar-refractivity contribution < 1.29 is 9.90 Å². The van der Waals surface area contributed by atoms with Gasteiger partial charge in [0.2, 0.25) is 0 Å². The second-order valence-electron chi connectivity index (χ2n) is 3.58. The number of allylic oxidation sites excluding steroid dienone is 2. The molecule has 4 heteroatoms. The summed E-state index contributed by atoms with van der Waals surface area (Å²) in [6, 6.07) is -0.262. The predicted molar refractivity (Wildman–Crippen MR) is 59.2 cm³/mol. The van der Waals surface area contributed by atoms with E-state index in [9.17, 15) is 4.79 Å². The number of rotatable bonds is 2. The molecule has 1 N–H and O–H groups in total. The van der Waals surface area contributed by atoms with Gasteiger partial charge in [-0.2, -0.15) is 11.1 Å². The van der Waals surface area contributed by atoms with Crippen molar-refractivity contribution in [2.24, 2.45) is 0 Å². The summed E-state index contributed by atoms with van der Waals surface area (Å²) < 4.78 is 2.14. The van der Waals surface area contributed by atoms with E-state index in [1.54, 1.807) is 0 Å². The minimum atomic E-state index is -0.666. The minimum absolute atomic E-state index is 0.262. The Balaban J connectivity index is 2.09. The molecule has 2 aliphatic heterocycles. The molecule has 2 rings (SSSR count). The first-order valence-electron chi connectivity index (χ1n) is 4.92. The fraction of sp³-hybridized carbons (Fsp3) is 0.500. The molecule has 2 aliphatic rings. The third-order valence-corrected chi connectivity index (χ3v) is 4.67. The molecule has 0 radical (unpaired) electrons. The van der Waals surface area contributed by atoms with Crippen molar-refractivity contribution >= 4 is 17.1 Å². The Morgan fingerprint density at radius 1 is 1.36 bits per heavy atom. The van der Waals surface area contributed by atoms with E-state index in [-0.39, 0.29) is 6.04 Å². The van der Waals surface area contributed by atoms with E-state index >= 15 is 0 Å². The summed E-state index contributed by atoms with van der Waals surface area (Å²) in [6.07, 6.45) is 7.00. The molecular weight excluding hydrogens is 198 g/mol. The van der Waals surface area contributed by atoms with Crippen molar-refractivity contribution in [3.63, 3.8) is 0 Å². The second kappa shape index (κ2) is 4.19. The maximum atomic E-state index is 11.0. The van der Waals surface area contributed by atoms with E-state index in [1.807, 2.05) is 12.2 Å². The Bertz CT molecular complexity index is 276. The smallest absolute Gasteiger partial charge is 0.321 e. The number of aliphatic carboxylic acids is 1. The Labute approximate surface area is 86.6 Å². The topological polar surface area (TPSA) is 40.5 Å². The Hall–Kier alpha value is -0.740. The summed E-state index contributed by atoms with van der Waals surface area (Å²) in [5, 5.41) is 13.3. The van der Waals surface area contributed by atoms with Crippen LogP contribution in [0.4, 0.5) is 0 Å². The molecule has 0 aromatic rings. The van der Waals surface area contributed by atoms with Crippen LogP contribution in [0.25, 0.3) is 0 Å². The molecule has 3 nitrogen and oxygen atoms in total. The van der Waals surface area contributed by atoms with Gasteiger partial charge in [-0.3, -0.25) is 4.79 Å². The molecule has 2 heterocycles. The van der Waals surface area contributed by atoms with E-state index in [0.29, 0.717) is 0 Å². The predicted octanol–water partition coefficient (Wildman–Crippen LogP) is 1.88. The molecule has 1 fully saturated rings. The number of carboxylic acid groups (broad SMARTS) is 1. The second-order valence-corrected chi connectivity index (χ2v) is 5.45. The van der Waals surface area contributed by atoms with Crippen LogP contribution in [0.2, 0.25) is 0 Å². The van der Waals surface area contributed by atoms with Crippen LogP contribution < -0.4 is 0 Å². The van der Waals surface area contributed by atoms with E-state index in [0.717, 1.165) is 25.8 Å². The number of piperidine rings is 1. The minimum Gasteiger partial charge on any atom is -0.480 e. The average Bonchev–Trinajstić information content (AvgIpc) is 2.70. The van der Waals surface area contributed by atoms with Crippen LogP contribution in [0.15, 0.2) is 23.0 Å². The molecule has 14 heavy (non-hydrogen) atoms. The number of carbonyl (C=O) groups is 1. The monoisotopic (exact) mass is 213 g/mol. The average molecular weight is 213 g/mol. The summed E-state index contributed by atoms with van der Waals surface area (Å²) in [5.41, 5.74) is 0. The van der Waals surface area contributed by atoms with E-state index in [2.05, 4.69) is 15.1 Å². The third kappa shape index (κ3) is 1.86. The van der Waals surface area contributed by atoms with Gasteiger partial charge < -0.3 is 5.11 Å². The van der Waals surface area contributed by atoms with Crippen LogP contribution in [0.5, 0.6) is 0 Å². The van der Waals surface area contributed by atoms with Gasteiger partial charge in [-0.05, 0) is 30.1 Å². The number of thiol groups is 1. The highest BCUT2D eigenvalue weighted by molar-refractivity contribution is 8.20. The van der Waals surface area contributed by atoms with Gasteiger partial charge in [-0.1, -0.05) is 12.2 Å². The molecule has 0 aliphatic carbocycles. The molecule has 0 aromatic heterocycles. The molecule has 0 bridgehead atoms. The molecule has 0 spiro atoms. The lowest BCUT2D eigenvalue weighted by molar-refractivity contribution is -0.142. The van der Waals surface area contributed by atoms with E-state index in [4.69, 9.17) is 5.11 Å². The highest BCUT2D eigenvalue weighted by atomic mass is 32.2. The molecule has 0 aromatic carbocycles. The molecule has 1 unspecified atom stereocenters. The summed E-state index contributed by atoms with van der Waals surface area (Å²) in [6.45, 7) is 0.928. The van der Waals surface area contributed by atoms with Crippen molar-refractivity contribution in [1.29, 1.82) is 0 Å². The molecule has 0 saturated carbocycles. The maximum Gasteiger partial charge on any atom is 0.321 e. The zero-order chi connectivity index (χ0) is 9.97. The standard InChI is InChI=1S/C10H15NO2S/c12-10(13)9-5-1-2-6-11(9)14-7-3-4-8-14/h3-4,7-9,14H,1-2,5-6H2,(H,12,13). The first kappa shape index (κ1) is 9.80. The number of nitrogens with zero attached hydrogens (tertiary/aromatic N) is 1. The van der Waals surface area contributed by atoms with Crippen molar-refractivity contribution in [2.45, 2.75) is 25.3 Å². The largest absolute Gasteiger partial charge is 0.480 e. The van der Waals surface area contributed by atoms with Gasteiger partial charge in [-0.15, -0.1) is 0 Å². The summed E-state index contributed by atoms with van der Waals surface area (Å²) in [4.78, 5) is 11.0. The van der Waals surface area contributed by atoms with Gasteiger partial charge in [0, 0.05) is 6.54 Å². The molecule has 78 valence electrons. The molecule has 1 saturated heterocycles. The van der Waals surface area contributed by atoms with Crippen LogP contribution >= 0.6 is 11.1 Å². The SMILES string of the molecule is O=C(O)C1CCCCN1[SH]1C=CC=C1. The number of hydrogen-bond donors (Lipinski definition) is 2.